The zero-order chi connectivity index (χ0) is 12.3. The van der Waals surface area contributed by atoms with Crippen LogP contribution < -0.4 is 0 Å². The van der Waals surface area contributed by atoms with E-state index in [4.69, 9.17) is 8.92 Å². The molecule has 2 rings (SSSR count). The molecule has 100 valence electrons. The smallest absolute Gasteiger partial charge is 0.264 e. The van der Waals surface area contributed by atoms with E-state index >= 15 is 0 Å². The Morgan fingerprint density at radius 1 is 1.24 bits per heavy atom. The number of hydrogen-bond acceptors (Lipinski definition) is 5. The van der Waals surface area contributed by atoms with Gasteiger partial charge in [0.2, 0.25) is 0 Å². The van der Waals surface area contributed by atoms with Gasteiger partial charge in [-0.15, -0.1) is 0 Å². The maximum Gasteiger partial charge on any atom is 0.264 e. The van der Waals surface area contributed by atoms with Crippen molar-refractivity contribution in [2.75, 3.05) is 32.6 Å². The summed E-state index contributed by atoms with van der Waals surface area (Å²) in [6, 6.07) is 0.537. The van der Waals surface area contributed by atoms with Crippen molar-refractivity contribution in [1.29, 1.82) is 0 Å². The minimum atomic E-state index is -3.33. The SMILES string of the molecule is CS(=O)(=O)OC1CCCN(C2CCOCC2)C1. The van der Waals surface area contributed by atoms with E-state index in [-0.39, 0.29) is 6.10 Å². The van der Waals surface area contributed by atoms with Crippen molar-refractivity contribution in [3.63, 3.8) is 0 Å². The Morgan fingerprint density at radius 2 is 1.94 bits per heavy atom. The summed E-state index contributed by atoms with van der Waals surface area (Å²) in [7, 11) is -3.33. The van der Waals surface area contributed by atoms with Gasteiger partial charge in [0, 0.05) is 25.8 Å². The van der Waals surface area contributed by atoms with Gasteiger partial charge in [-0.05, 0) is 32.2 Å². The van der Waals surface area contributed by atoms with E-state index in [9.17, 15) is 8.42 Å². The zero-order valence-electron chi connectivity index (χ0n) is 10.3. The molecule has 2 saturated heterocycles. The van der Waals surface area contributed by atoms with Gasteiger partial charge in [0.25, 0.3) is 10.1 Å². The molecular formula is C11H21NO4S. The Bertz CT molecular complexity index is 337. The molecule has 0 aliphatic carbocycles. The highest BCUT2D eigenvalue weighted by Gasteiger charge is 2.29. The normalized spacial score (nSPS) is 29.4. The predicted molar refractivity (Wildman–Crippen MR) is 64.4 cm³/mol. The quantitative estimate of drug-likeness (QED) is 0.698. The standard InChI is InChI=1S/C11H21NO4S/c1-17(13,14)16-11-3-2-6-12(9-11)10-4-7-15-8-5-10/h10-11H,2-9H2,1H3. The fourth-order valence-corrected chi connectivity index (χ4v) is 3.33. The minimum Gasteiger partial charge on any atom is -0.381 e. The molecule has 2 aliphatic heterocycles. The average Bonchev–Trinajstić information content (AvgIpc) is 2.28. The predicted octanol–water partition coefficient (Wildman–Crippen LogP) is 0.606. The first kappa shape index (κ1) is 13.3. The van der Waals surface area contributed by atoms with Crippen LogP contribution in [0, 0.1) is 0 Å². The third-order valence-corrected chi connectivity index (χ3v) is 4.05. The molecule has 17 heavy (non-hydrogen) atoms. The topological polar surface area (TPSA) is 55.8 Å². The molecule has 0 aromatic carbocycles. The minimum absolute atomic E-state index is 0.165. The van der Waals surface area contributed by atoms with Crippen molar-refractivity contribution in [1.82, 2.24) is 4.90 Å². The number of nitrogens with zero attached hydrogens (tertiary/aromatic N) is 1. The van der Waals surface area contributed by atoms with Crippen molar-refractivity contribution in [2.45, 2.75) is 37.8 Å². The van der Waals surface area contributed by atoms with Crippen LogP contribution >= 0.6 is 0 Å². The summed E-state index contributed by atoms with van der Waals surface area (Å²) >= 11 is 0. The Hall–Kier alpha value is -0.170. The third-order valence-electron chi connectivity index (χ3n) is 3.43. The second kappa shape index (κ2) is 5.65. The zero-order valence-corrected chi connectivity index (χ0v) is 11.1. The first-order valence-corrected chi connectivity index (χ1v) is 8.06. The molecule has 0 spiro atoms. The fraction of sp³-hybridized carbons (Fsp3) is 1.00. The molecule has 0 amide bonds. The molecule has 0 bridgehead atoms. The van der Waals surface area contributed by atoms with E-state index in [1.807, 2.05) is 0 Å². The molecule has 0 radical (unpaired) electrons. The molecular weight excluding hydrogens is 242 g/mol. The van der Waals surface area contributed by atoms with Gasteiger partial charge < -0.3 is 4.74 Å². The number of likely N-dealkylation sites (tertiary alicyclic amines) is 1. The van der Waals surface area contributed by atoms with E-state index in [1.54, 1.807) is 0 Å². The lowest BCUT2D eigenvalue weighted by atomic mass is 10.0. The van der Waals surface area contributed by atoms with E-state index < -0.39 is 10.1 Å². The number of hydrogen-bond donors (Lipinski definition) is 0. The van der Waals surface area contributed by atoms with Crippen molar-refractivity contribution in [2.24, 2.45) is 0 Å². The number of ether oxygens (including phenoxy) is 1. The second-order valence-corrected chi connectivity index (χ2v) is 6.50. The van der Waals surface area contributed by atoms with Crippen LogP contribution in [-0.4, -0.2) is 58.0 Å². The van der Waals surface area contributed by atoms with Gasteiger partial charge >= 0.3 is 0 Å². The van der Waals surface area contributed by atoms with Crippen LogP contribution in [0.2, 0.25) is 0 Å². The second-order valence-electron chi connectivity index (χ2n) is 4.90. The highest BCUT2D eigenvalue weighted by molar-refractivity contribution is 7.86. The molecule has 5 nitrogen and oxygen atoms in total. The number of piperidine rings is 1. The van der Waals surface area contributed by atoms with Crippen LogP contribution in [0.1, 0.15) is 25.7 Å². The molecule has 6 heteroatoms. The lowest BCUT2D eigenvalue weighted by molar-refractivity contribution is 0.00360. The van der Waals surface area contributed by atoms with Crippen LogP contribution in [0.4, 0.5) is 0 Å². The summed E-state index contributed by atoms with van der Waals surface area (Å²) in [5, 5.41) is 0. The van der Waals surface area contributed by atoms with Gasteiger partial charge in [0.05, 0.1) is 12.4 Å². The van der Waals surface area contributed by atoms with Crippen LogP contribution in [0.3, 0.4) is 0 Å². The number of rotatable bonds is 3. The lowest BCUT2D eigenvalue weighted by Gasteiger charge is -2.39. The lowest BCUT2D eigenvalue weighted by Crippen LogP contribution is -2.47. The molecule has 2 heterocycles. The Balaban J connectivity index is 1.87. The van der Waals surface area contributed by atoms with Crippen LogP contribution in [0.5, 0.6) is 0 Å². The van der Waals surface area contributed by atoms with Gasteiger partial charge in [-0.2, -0.15) is 8.42 Å². The molecule has 1 unspecified atom stereocenters. The van der Waals surface area contributed by atoms with E-state index in [0.717, 1.165) is 58.2 Å². The van der Waals surface area contributed by atoms with Crippen molar-refractivity contribution in [3.8, 4) is 0 Å². The summed E-state index contributed by atoms with van der Waals surface area (Å²) in [5.41, 5.74) is 0. The van der Waals surface area contributed by atoms with Gasteiger partial charge in [0.15, 0.2) is 0 Å². The summed E-state index contributed by atoms with van der Waals surface area (Å²) in [6.07, 6.45) is 4.91. The Morgan fingerprint density at radius 3 is 2.59 bits per heavy atom. The van der Waals surface area contributed by atoms with Gasteiger partial charge in [-0.3, -0.25) is 9.08 Å². The maximum atomic E-state index is 11.1. The fourth-order valence-electron chi connectivity index (χ4n) is 2.67. The first-order valence-electron chi connectivity index (χ1n) is 6.24. The molecule has 0 aromatic rings. The Kier molecular flexibility index (Phi) is 4.41. The summed E-state index contributed by atoms with van der Waals surface area (Å²) in [5.74, 6) is 0. The van der Waals surface area contributed by atoms with Crippen LogP contribution in [-0.2, 0) is 19.0 Å². The monoisotopic (exact) mass is 263 g/mol. The van der Waals surface area contributed by atoms with Crippen molar-refractivity contribution in [3.05, 3.63) is 0 Å². The summed E-state index contributed by atoms with van der Waals surface area (Å²) in [6.45, 7) is 3.42. The van der Waals surface area contributed by atoms with E-state index in [1.165, 1.54) is 0 Å². The average molecular weight is 263 g/mol. The molecule has 0 aromatic heterocycles. The van der Waals surface area contributed by atoms with Gasteiger partial charge in [-0.25, -0.2) is 0 Å². The first-order chi connectivity index (χ1) is 8.04. The third kappa shape index (κ3) is 4.21. The summed E-state index contributed by atoms with van der Waals surface area (Å²) in [4.78, 5) is 2.36. The maximum absolute atomic E-state index is 11.1. The van der Waals surface area contributed by atoms with Crippen molar-refractivity contribution < 1.29 is 17.3 Å². The van der Waals surface area contributed by atoms with E-state index in [2.05, 4.69) is 4.90 Å². The molecule has 2 aliphatic rings. The molecule has 0 saturated carbocycles. The van der Waals surface area contributed by atoms with Gasteiger partial charge in [-0.1, -0.05) is 0 Å². The highest BCUT2D eigenvalue weighted by Crippen LogP contribution is 2.21. The van der Waals surface area contributed by atoms with Crippen molar-refractivity contribution >= 4 is 10.1 Å². The van der Waals surface area contributed by atoms with E-state index in [0.29, 0.717) is 6.04 Å². The molecule has 0 N–H and O–H groups in total. The molecule has 1 atom stereocenters. The summed E-state index contributed by atoms with van der Waals surface area (Å²) < 4.78 is 32.7. The largest absolute Gasteiger partial charge is 0.381 e. The molecule has 2 fully saturated rings. The van der Waals surface area contributed by atoms with Crippen LogP contribution in [0.15, 0.2) is 0 Å². The van der Waals surface area contributed by atoms with Gasteiger partial charge in [0.1, 0.15) is 0 Å². The Labute approximate surface area is 103 Å². The van der Waals surface area contributed by atoms with Crippen LogP contribution in [0.25, 0.3) is 0 Å². The highest BCUT2D eigenvalue weighted by atomic mass is 32.2.